The molecule has 94 valence electrons. The van der Waals surface area contributed by atoms with Crippen molar-refractivity contribution in [1.29, 1.82) is 0 Å². The Morgan fingerprint density at radius 2 is 2.28 bits per heavy atom. The van der Waals surface area contributed by atoms with Crippen molar-refractivity contribution in [2.75, 3.05) is 5.32 Å². The summed E-state index contributed by atoms with van der Waals surface area (Å²) < 4.78 is 2.78. The third kappa shape index (κ3) is 2.79. The Morgan fingerprint density at radius 1 is 1.50 bits per heavy atom. The molecule has 4 nitrogen and oxygen atoms in total. The number of halogens is 1. The number of hydrogen-bond donors (Lipinski definition) is 1. The van der Waals surface area contributed by atoms with E-state index in [1.807, 2.05) is 36.7 Å². The number of carbonyl (C=O) groups excluding carboxylic acids is 1. The van der Waals surface area contributed by atoms with Crippen LogP contribution in [0.5, 0.6) is 0 Å². The zero-order valence-corrected chi connectivity index (χ0v) is 11.9. The Labute approximate surface area is 114 Å². The molecule has 0 atom stereocenters. The second kappa shape index (κ2) is 5.35. The molecule has 0 bridgehead atoms. The van der Waals surface area contributed by atoms with Crippen LogP contribution in [0.1, 0.15) is 23.1 Å². The molecular weight excluding hydrogens is 294 g/mol. The van der Waals surface area contributed by atoms with Crippen molar-refractivity contribution in [3.8, 4) is 0 Å². The quantitative estimate of drug-likeness (QED) is 0.946. The first kappa shape index (κ1) is 12.8. The second-order valence-electron chi connectivity index (χ2n) is 3.95. The lowest BCUT2D eigenvalue weighted by atomic mass is 10.3. The summed E-state index contributed by atoms with van der Waals surface area (Å²) in [5, 5.41) is 2.80. The van der Waals surface area contributed by atoms with Gasteiger partial charge in [0.2, 0.25) is 0 Å². The van der Waals surface area contributed by atoms with E-state index in [0.717, 1.165) is 16.7 Å². The van der Waals surface area contributed by atoms with Gasteiger partial charge in [0.15, 0.2) is 0 Å². The number of carbonyl (C=O) groups is 1. The van der Waals surface area contributed by atoms with E-state index in [1.54, 1.807) is 12.1 Å². The van der Waals surface area contributed by atoms with Gasteiger partial charge in [-0.2, -0.15) is 0 Å². The zero-order chi connectivity index (χ0) is 13.1. The van der Waals surface area contributed by atoms with Crippen LogP contribution in [0.25, 0.3) is 0 Å². The van der Waals surface area contributed by atoms with E-state index in [2.05, 4.69) is 26.2 Å². The van der Waals surface area contributed by atoms with Gasteiger partial charge in [0.1, 0.15) is 11.5 Å². The molecule has 2 aromatic heterocycles. The summed E-state index contributed by atoms with van der Waals surface area (Å²) in [7, 11) is 0. The van der Waals surface area contributed by atoms with E-state index < -0.39 is 0 Å². The molecule has 0 unspecified atom stereocenters. The van der Waals surface area contributed by atoms with Crippen molar-refractivity contribution in [2.45, 2.75) is 20.4 Å². The minimum atomic E-state index is -0.152. The lowest BCUT2D eigenvalue weighted by molar-refractivity contribution is 0.101. The van der Waals surface area contributed by atoms with E-state index in [4.69, 9.17) is 0 Å². The first-order chi connectivity index (χ1) is 8.60. The highest BCUT2D eigenvalue weighted by atomic mass is 79.9. The van der Waals surface area contributed by atoms with Crippen molar-refractivity contribution >= 4 is 27.7 Å². The normalized spacial score (nSPS) is 10.4. The van der Waals surface area contributed by atoms with Crippen LogP contribution in [0, 0.1) is 6.92 Å². The van der Waals surface area contributed by atoms with Crippen molar-refractivity contribution in [3.05, 3.63) is 46.3 Å². The summed E-state index contributed by atoms with van der Waals surface area (Å²) in [6.07, 6.45) is 1.89. The summed E-state index contributed by atoms with van der Waals surface area (Å²) >= 11 is 3.37. The van der Waals surface area contributed by atoms with Gasteiger partial charge in [-0.3, -0.25) is 4.79 Å². The zero-order valence-electron chi connectivity index (χ0n) is 10.3. The summed E-state index contributed by atoms with van der Waals surface area (Å²) in [5.41, 5.74) is 1.49. The van der Waals surface area contributed by atoms with Crippen molar-refractivity contribution in [3.63, 3.8) is 0 Å². The Bertz CT molecular complexity index is 577. The fourth-order valence-corrected chi connectivity index (χ4v) is 2.18. The summed E-state index contributed by atoms with van der Waals surface area (Å²) in [4.78, 5) is 16.4. The Balaban J connectivity index is 2.21. The van der Waals surface area contributed by atoms with Crippen molar-refractivity contribution < 1.29 is 4.79 Å². The topological polar surface area (TPSA) is 46.9 Å². The number of aromatic nitrogens is 2. The van der Waals surface area contributed by atoms with Crippen LogP contribution in [0.4, 0.5) is 5.82 Å². The number of amides is 1. The van der Waals surface area contributed by atoms with Gasteiger partial charge < -0.3 is 9.88 Å². The largest absolute Gasteiger partial charge is 0.343 e. The van der Waals surface area contributed by atoms with Gasteiger partial charge in [0.05, 0.1) is 0 Å². The van der Waals surface area contributed by atoms with Crippen LogP contribution in [0.2, 0.25) is 0 Å². The Kier molecular flexibility index (Phi) is 3.81. The monoisotopic (exact) mass is 307 g/mol. The molecule has 0 fully saturated rings. The summed E-state index contributed by atoms with van der Waals surface area (Å²) in [6, 6.07) is 7.33. The second-order valence-corrected chi connectivity index (χ2v) is 4.86. The number of nitrogens with one attached hydrogen (secondary N) is 1. The van der Waals surface area contributed by atoms with Gasteiger partial charge in [-0.05, 0) is 48.0 Å². The number of hydrogen-bond acceptors (Lipinski definition) is 2. The molecule has 0 aromatic carbocycles. The SMILES string of the molecule is CCn1cc(Br)cc1C(=O)Nc1cccc(C)n1. The van der Waals surface area contributed by atoms with Crippen LogP contribution in [-0.2, 0) is 6.54 Å². The highest BCUT2D eigenvalue weighted by molar-refractivity contribution is 9.10. The molecule has 5 heteroatoms. The molecule has 0 aliphatic heterocycles. The van der Waals surface area contributed by atoms with E-state index in [9.17, 15) is 4.79 Å². The first-order valence-electron chi connectivity index (χ1n) is 5.71. The lowest BCUT2D eigenvalue weighted by Crippen LogP contribution is -2.17. The molecule has 0 saturated carbocycles. The van der Waals surface area contributed by atoms with Crippen LogP contribution < -0.4 is 5.32 Å². The predicted octanol–water partition coefficient (Wildman–Crippen LogP) is 3.23. The van der Waals surface area contributed by atoms with E-state index in [1.165, 1.54) is 0 Å². The van der Waals surface area contributed by atoms with Crippen LogP contribution in [0.15, 0.2) is 34.9 Å². The fraction of sp³-hybridized carbons (Fsp3) is 0.231. The maximum Gasteiger partial charge on any atom is 0.273 e. The van der Waals surface area contributed by atoms with Gasteiger partial charge in [-0.25, -0.2) is 4.98 Å². The average Bonchev–Trinajstić information content (AvgIpc) is 2.70. The van der Waals surface area contributed by atoms with Gasteiger partial charge in [0.25, 0.3) is 5.91 Å². The Hall–Kier alpha value is -1.62. The van der Waals surface area contributed by atoms with Crippen molar-refractivity contribution in [1.82, 2.24) is 9.55 Å². The molecule has 0 spiro atoms. The van der Waals surface area contributed by atoms with Gasteiger partial charge in [0, 0.05) is 22.9 Å². The van der Waals surface area contributed by atoms with Crippen LogP contribution >= 0.6 is 15.9 Å². The number of nitrogens with zero attached hydrogens (tertiary/aromatic N) is 2. The lowest BCUT2D eigenvalue weighted by Gasteiger charge is -2.07. The number of anilines is 1. The molecule has 0 saturated heterocycles. The molecule has 0 aliphatic carbocycles. The third-order valence-corrected chi connectivity index (χ3v) is 3.00. The molecular formula is C13H14BrN3O. The molecule has 0 radical (unpaired) electrons. The smallest absolute Gasteiger partial charge is 0.273 e. The number of pyridine rings is 1. The minimum Gasteiger partial charge on any atom is -0.343 e. The van der Waals surface area contributed by atoms with Crippen molar-refractivity contribution in [2.24, 2.45) is 0 Å². The molecule has 0 aliphatic rings. The molecule has 1 amide bonds. The molecule has 18 heavy (non-hydrogen) atoms. The molecule has 2 aromatic rings. The first-order valence-corrected chi connectivity index (χ1v) is 6.50. The number of aryl methyl sites for hydroxylation is 2. The molecule has 2 heterocycles. The van der Waals surface area contributed by atoms with Gasteiger partial charge in [-0.1, -0.05) is 6.07 Å². The Morgan fingerprint density at radius 3 is 2.94 bits per heavy atom. The predicted molar refractivity (Wildman–Crippen MR) is 74.7 cm³/mol. The molecule has 2 rings (SSSR count). The molecule has 1 N–H and O–H groups in total. The maximum absolute atomic E-state index is 12.1. The highest BCUT2D eigenvalue weighted by Crippen LogP contribution is 2.16. The third-order valence-electron chi connectivity index (χ3n) is 2.57. The van der Waals surface area contributed by atoms with E-state index >= 15 is 0 Å². The van der Waals surface area contributed by atoms with E-state index in [-0.39, 0.29) is 5.91 Å². The standard InChI is InChI=1S/C13H14BrN3O/c1-3-17-8-10(14)7-11(17)13(18)16-12-6-4-5-9(2)15-12/h4-8H,3H2,1-2H3,(H,15,16,18). The van der Waals surface area contributed by atoms with Gasteiger partial charge in [-0.15, -0.1) is 0 Å². The van der Waals surface area contributed by atoms with E-state index in [0.29, 0.717) is 11.5 Å². The number of rotatable bonds is 3. The van der Waals surface area contributed by atoms with Gasteiger partial charge >= 0.3 is 0 Å². The minimum absolute atomic E-state index is 0.152. The van der Waals surface area contributed by atoms with Crippen LogP contribution in [0.3, 0.4) is 0 Å². The maximum atomic E-state index is 12.1. The highest BCUT2D eigenvalue weighted by Gasteiger charge is 2.12. The van der Waals surface area contributed by atoms with Crippen LogP contribution in [-0.4, -0.2) is 15.5 Å². The average molecular weight is 308 g/mol. The fourth-order valence-electron chi connectivity index (χ4n) is 1.72. The summed E-state index contributed by atoms with van der Waals surface area (Å²) in [6.45, 7) is 4.63. The summed E-state index contributed by atoms with van der Waals surface area (Å²) in [5.74, 6) is 0.417.